The summed E-state index contributed by atoms with van der Waals surface area (Å²) < 4.78 is 12.4. The maximum absolute atomic E-state index is 6.20. The van der Waals surface area contributed by atoms with Gasteiger partial charge in [-0.3, -0.25) is 0 Å². The van der Waals surface area contributed by atoms with Crippen LogP contribution >= 0.6 is 0 Å². The van der Waals surface area contributed by atoms with Crippen LogP contribution < -0.4 is 5.19 Å². The number of allylic oxidation sites excluding steroid dienone is 1. The molecule has 0 saturated carbocycles. The van der Waals surface area contributed by atoms with Crippen LogP contribution in [0, 0.1) is 0 Å². The molecule has 4 heteroatoms. The van der Waals surface area contributed by atoms with E-state index in [2.05, 4.69) is 89.9 Å². The van der Waals surface area contributed by atoms with Crippen LogP contribution in [-0.2, 0) is 9.31 Å². The molecule has 26 heavy (non-hydrogen) atoms. The minimum absolute atomic E-state index is 0.108. The third-order valence-corrected chi connectivity index (χ3v) is 7.91. The topological polar surface area (TPSA) is 18.5 Å². The van der Waals surface area contributed by atoms with Crippen LogP contribution in [0.25, 0.3) is 0 Å². The van der Waals surface area contributed by atoms with Gasteiger partial charge in [-0.25, -0.2) is 0 Å². The van der Waals surface area contributed by atoms with Crippen LogP contribution in [-0.4, -0.2) is 27.4 Å². The van der Waals surface area contributed by atoms with E-state index < -0.39 is 8.07 Å². The number of hydrogen-bond donors (Lipinski definition) is 0. The van der Waals surface area contributed by atoms with Crippen LogP contribution in [0.15, 0.2) is 47.2 Å². The highest BCUT2D eigenvalue weighted by molar-refractivity contribution is 7.04. The third-order valence-electron chi connectivity index (χ3n) is 4.41. The largest absolute Gasteiger partial charge is 0.494 e. The fourth-order valence-electron chi connectivity index (χ4n) is 2.89. The van der Waals surface area contributed by atoms with Crippen molar-refractivity contribution in [1.82, 2.24) is 0 Å². The number of benzene rings is 1. The minimum Gasteiger partial charge on any atom is -0.405 e. The predicted octanol–water partition coefficient (Wildman–Crippen LogP) is 5.68. The fraction of sp³-hybridized carbons (Fsp3) is 0.591. The second-order valence-electron chi connectivity index (χ2n) is 7.95. The zero-order chi connectivity index (χ0) is 19.6. The smallest absolute Gasteiger partial charge is 0.405 e. The molecule has 0 saturated heterocycles. The summed E-state index contributed by atoms with van der Waals surface area (Å²) in [7, 11) is -2.28. The lowest BCUT2D eigenvalue weighted by atomic mass is 9.88. The first-order chi connectivity index (χ1) is 12.3. The lowest BCUT2D eigenvalue weighted by Gasteiger charge is -2.30. The van der Waals surface area contributed by atoms with Crippen molar-refractivity contribution in [2.45, 2.75) is 85.6 Å². The van der Waals surface area contributed by atoms with Crippen LogP contribution in [0.1, 0.15) is 60.3 Å². The molecule has 0 atom stereocenters. The molecule has 144 valence electrons. The Kier molecular flexibility index (Phi) is 10.3. The fourth-order valence-corrected chi connectivity index (χ4v) is 5.42. The quantitative estimate of drug-likeness (QED) is 0.283. The summed E-state index contributed by atoms with van der Waals surface area (Å²) in [5, 5.41) is 2.58. The number of hydrogen-bond acceptors (Lipinski definition) is 2. The molecule has 0 N–H and O–H groups in total. The first-order valence-corrected chi connectivity index (χ1v) is 13.1. The monoisotopic (exact) mass is 372 g/mol. The Morgan fingerprint density at radius 1 is 1.04 bits per heavy atom. The summed E-state index contributed by atoms with van der Waals surface area (Å²) in [5.74, 6) is 0. The zero-order valence-electron chi connectivity index (χ0n) is 17.8. The molecule has 0 spiro atoms. The highest BCUT2D eigenvalue weighted by Gasteiger charge is 2.39. The first kappa shape index (κ1) is 23.0. The summed E-state index contributed by atoms with van der Waals surface area (Å²) in [6.45, 7) is 15.2. The van der Waals surface area contributed by atoms with Gasteiger partial charge in [-0.2, -0.15) is 0 Å². The molecule has 2 nitrogen and oxygen atoms in total. The van der Waals surface area contributed by atoms with Crippen LogP contribution in [0.5, 0.6) is 0 Å². The molecule has 0 aliphatic heterocycles. The van der Waals surface area contributed by atoms with E-state index in [0.29, 0.717) is 0 Å². The lowest BCUT2D eigenvalue weighted by molar-refractivity contribution is 0.137. The van der Waals surface area contributed by atoms with E-state index in [1.165, 1.54) is 29.5 Å². The highest BCUT2D eigenvalue weighted by atomic mass is 28.3. The van der Waals surface area contributed by atoms with E-state index in [1.54, 1.807) is 0 Å². The summed E-state index contributed by atoms with van der Waals surface area (Å²) in [6, 6.07) is 10.8. The Morgan fingerprint density at radius 3 is 2.12 bits per heavy atom. The van der Waals surface area contributed by atoms with Gasteiger partial charge in [-0.1, -0.05) is 68.4 Å². The van der Waals surface area contributed by atoms with Gasteiger partial charge in [0.1, 0.15) is 8.07 Å². The van der Waals surface area contributed by atoms with Gasteiger partial charge in [0.05, 0.1) is 0 Å². The first-order valence-electron chi connectivity index (χ1n) is 10.1. The molecular formula is C22H37BO2Si. The number of rotatable bonds is 11. The molecule has 0 radical (unpaired) electrons. The Bertz CT molecular complexity index is 565. The van der Waals surface area contributed by atoms with E-state index >= 15 is 0 Å². The SMILES string of the molecule is CCCCCC=C=C(B(OC(C)C)OC(C)C)[Si](C)(C)c1ccccc1. The van der Waals surface area contributed by atoms with Gasteiger partial charge in [0.25, 0.3) is 0 Å². The molecule has 0 aliphatic carbocycles. The Hall–Kier alpha value is -1.06. The van der Waals surface area contributed by atoms with Gasteiger partial charge < -0.3 is 9.31 Å². The number of unbranched alkanes of at least 4 members (excludes halogenated alkanes) is 3. The van der Waals surface area contributed by atoms with Crippen LogP contribution in [0.2, 0.25) is 13.1 Å². The maximum atomic E-state index is 6.20. The Labute approximate surface area is 162 Å². The molecule has 0 bridgehead atoms. The van der Waals surface area contributed by atoms with Crippen LogP contribution in [0.3, 0.4) is 0 Å². The van der Waals surface area contributed by atoms with Gasteiger partial charge in [0, 0.05) is 12.2 Å². The molecule has 1 rings (SSSR count). The van der Waals surface area contributed by atoms with Crippen LogP contribution in [0.4, 0.5) is 0 Å². The van der Waals surface area contributed by atoms with Crippen molar-refractivity contribution < 1.29 is 9.31 Å². The molecule has 0 aliphatic rings. The molecule has 0 aromatic heterocycles. The molecule has 0 unspecified atom stereocenters. The second-order valence-corrected chi connectivity index (χ2v) is 12.3. The molecule has 0 amide bonds. The molecule has 1 aromatic carbocycles. The van der Waals surface area contributed by atoms with Crippen molar-refractivity contribution >= 4 is 20.4 Å². The summed E-state index contributed by atoms with van der Waals surface area (Å²) in [6.07, 6.45) is 7.19. The van der Waals surface area contributed by atoms with Gasteiger partial charge in [0.2, 0.25) is 0 Å². The van der Waals surface area contributed by atoms with Gasteiger partial charge in [0.15, 0.2) is 0 Å². The molecule has 0 heterocycles. The van der Waals surface area contributed by atoms with E-state index in [4.69, 9.17) is 9.31 Å². The van der Waals surface area contributed by atoms with Gasteiger partial charge in [-0.05, 0) is 51.7 Å². The standard InChI is InChI=1S/C22H37BO2Si/c1-8-9-10-11-15-18-22(23(24-19(2)3)25-20(4)5)26(6,7)21-16-13-12-14-17-21/h12-17,19-20H,8-11H2,1-7H3. The summed E-state index contributed by atoms with van der Waals surface area (Å²) in [5.41, 5.74) is 3.63. The van der Waals surface area contributed by atoms with Crippen molar-refractivity contribution in [1.29, 1.82) is 0 Å². The predicted molar refractivity (Wildman–Crippen MR) is 117 cm³/mol. The third kappa shape index (κ3) is 7.67. The van der Waals surface area contributed by atoms with E-state index in [-0.39, 0.29) is 19.3 Å². The molecular weight excluding hydrogens is 335 g/mol. The van der Waals surface area contributed by atoms with E-state index in [0.717, 1.165) is 6.42 Å². The zero-order valence-corrected chi connectivity index (χ0v) is 18.8. The van der Waals surface area contributed by atoms with Crippen molar-refractivity contribution in [2.24, 2.45) is 0 Å². The van der Waals surface area contributed by atoms with Crippen molar-refractivity contribution in [3.05, 3.63) is 47.2 Å². The minimum atomic E-state index is -1.95. The van der Waals surface area contributed by atoms with E-state index in [9.17, 15) is 0 Å². The second kappa shape index (κ2) is 11.6. The van der Waals surface area contributed by atoms with Gasteiger partial charge in [-0.15, -0.1) is 5.73 Å². The maximum Gasteiger partial charge on any atom is 0.494 e. The summed E-state index contributed by atoms with van der Waals surface area (Å²) >= 11 is 0. The van der Waals surface area contributed by atoms with Gasteiger partial charge >= 0.3 is 7.12 Å². The van der Waals surface area contributed by atoms with Crippen molar-refractivity contribution in [3.8, 4) is 0 Å². The lowest BCUT2D eigenvalue weighted by Crippen LogP contribution is -2.51. The van der Waals surface area contributed by atoms with Crippen molar-refractivity contribution in [3.63, 3.8) is 0 Å². The average molecular weight is 372 g/mol. The summed E-state index contributed by atoms with van der Waals surface area (Å²) in [4.78, 5) is 0. The molecule has 0 fully saturated rings. The van der Waals surface area contributed by atoms with Crippen molar-refractivity contribution in [2.75, 3.05) is 0 Å². The van der Waals surface area contributed by atoms with E-state index in [1.807, 2.05) is 0 Å². The Morgan fingerprint density at radius 2 is 1.62 bits per heavy atom. The average Bonchev–Trinajstić information content (AvgIpc) is 2.57. The Balaban J connectivity index is 3.28. The highest BCUT2D eigenvalue weighted by Crippen LogP contribution is 2.21. The molecule has 1 aromatic rings. The normalized spacial score (nSPS) is 11.6.